The van der Waals surface area contributed by atoms with Crippen LogP contribution in [0, 0.1) is 17.2 Å². The van der Waals surface area contributed by atoms with Crippen LogP contribution >= 0.6 is 0 Å². The molecule has 3 N–H and O–H groups in total. The van der Waals surface area contributed by atoms with Crippen LogP contribution in [-0.2, 0) is 25.7 Å². The van der Waals surface area contributed by atoms with Crippen LogP contribution in [0.1, 0.15) is 57.5 Å². The second kappa shape index (κ2) is 19.6. The summed E-state index contributed by atoms with van der Waals surface area (Å²) in [5, 5.41) is 21.9. The fourth-order valence-corrected chi connectivity index (χ4v) is 7.82. The van der Waals surface area contributed by atoms with Crippen LogP contribution in [0.2, 0.25) is 0 Å². The fraction of sp³-hybridized carbons (Fsp3) is 0.304. The van der Waals surface area contributed by atoms with E-state index in [0.717, 1.165) is 47.5 Å². The largest absolute Gasteiger partial charge is 0.490 e. The first-order valence-corrected chi connectivity index (χ1v) is 20.9. The maximum Gasteiger partial charge on any atom is 0.267 e. The van der Waals surface area contributed by atoms with E-state index in [0.29, 0.717) is 47.6 Å². The number of imide groups is 2. The van der Waals surface area contributed by atoms with E-state index in [-0.39, 0.29) is 61.9 Å². The summed E-state index contributed by atoms with van der Waals surface area (Å²) in [4.78, 5) is 87.2. The minimum atomic E-state index is -1.03. The van der Waals surface area contributed by atoms with Gasteiger partial charge in [0.05, 0.1) is 67.2 Å². The highest BCUT2D eigenvalue weighted by molar-refractivity contribution is 6.23. The van der Waals surface area contributed by atoms with Crippen LogP contribution in [0.5, 0.6) is 5.75 Å². The van der Waals surface area contributed by atoms with Crippen LogP contribution < -0.4 is 26.2 Å². The van der Waals surface area contributed by atoms with Gasteiger partial charge in [0, 0.05) is 35.8 Å². The number of likely N-dealkylation sites (tertiary alicyclic amines) is 1. The van der Waals surface area contributed by atoms with E-state index in [9.17, 15) is 34.0 Å². The third-order valence-corrected chi connectivity index (χ3v) is 11.2. The highest BCUT2D eigenvalue weighted by Gasteiger charge is 2.44. The van der Waals surface area contributed by atoms with Crippen LogP contribution in [-0.4, -0.2) is 111 Å². The lowest BCUT2D eigenvalue weighted by Gasteiger charge is -2.31. The number of hydrogen-bond donors (Lipinski definition) is 3. The molecule has 0 aliphatic carbocycles. The zero-order chi connectivity index (χ0) is 44.6. The van der Waals surface area contributed by atoms with Crippen molar-refractivity contribution in [3.05, 3.63) is 124 Å². The number of nitrogens with zero attached hydrogens (tertiary/aromatic N) is 7. The van der Waals surface area contributed by atoms with Gasteiger partial charge in [0.2, 0.25) is 17.7 Å². The van der Waals surface area contributed by atoms with Gasteiger partial charge in [-0.2, -0.15) is 10.4 Å². The number of carbonyl (C=O) groups is 5. The van der Waals surface area contributed by atoms with E-state index in [1.165, 1.54) is 22.9 Å². The summed E-state index contributed by atoms with van der Waals surface area (Å²) in [6.45, 7) is 3.19. The summed E-state index contributed by atoms with van der Waals surface area (Å²) in [6.07, 6.45) is 5.18. The van der Waals surface area contributed by atoms with Crippen LogP contribution in [0.4, 0.5) is 5.69 Å². The molecule has 5 heterocycles. The Balaban J connectivity index is 0.715. The molecule has 1 unspecified atom stereocenters. The Labute approximate surface area is 367 Å². The number of ether oxygens (including phenoxy) is 2. The van der Waals surface area contributed by atoms with Gasteiger partial charge in [-0.15, -0.1) is 0 Å². The molecule has 5 amide bonds. The molecule has 326 valence electrons. The van der Waals surface area contributed by atoms with E-state index in [4.69, 9.17) is 9.47 Å². The summed E-state index contributed by atoms with van der Waals surface area (Å²) < 4.78 is 13.1. The molecule has 0 saturated carbocycles. The highest BCUT2D eigenvalue weighted by Crippen LogP contribution is 2.30. The first-order valence-electron chi connectivity index (χ1n) is 20.9. The van der Waals surface area contributed by atoms with Gasteiger partial charge < -0.3 is 20.1 Å². The first-order chi connectivity index (χ1) is 31.1. The second-order valence-electron chi connectivity index (χ2n) is 15.7. The van der Waals surface area contributed by atoms with Gasteiger partial charge in [-0.05, 0) is 86.3 Å². The van der Waals surface area contributed by atoms with Crippen molar-refractivity contribution in [3.63, 3.8) is 0 Å². The first kappa shape index (κ1) is 43.0. The van der Waals surface area contributed by atoms with Crippen molar-refractivity contribution < 1.29 is 33.4 Å². The molecular weight excluding hydrogens is 821 g/mol. The monoisotopic (exact) mass is 864 g/mol. The number of carbonyl (C=O) groups excluding carboxylic acids is 5. The van der Waals surface area contributed by atoms with E-state index in [2.05, 4.69) is 42.0 Å². The van der Waals surface area contributed by atoms with Crippen LogP contribution in [0.3, 0.4) is 0 Å². The van der Waals surface area contributed by atoms with Crippen molar-refractivity contribution in [1.29, 1.82) is 5.26 Å². The van der Waals surface area contributed by atoms with E-state index in [1.807, 2.05) is 30.3 Å². The Morgan fingerprint density at radius 2 is 1.66 bits per heavy atom. The molecule has 5 aromatic rings. The molecular formula is C46H44N10O8. The molecule has 0 bridgehead atoms. The lowest BCUT2D eigenvalue weighted by Crippen LogP contribution is -2.54. The summed E-state index contributed by atoms with van der Waals surface area (Å²) in [5.74, 6) is -0.963. The molecule has 3 aliphatic rings. The van der Waals surface area contributed by atoms with Gasteiger partial charge in [-0.3, -0.25) is 43.9 Å². The lowest BCUT2D eigenvalue weighted by atomic mass is 9.98. The van der Waals surface area contributed by atoms with Gasteiger partial charge >= 0.3 is 0 Å². The summed E-state index contributed by atoms with van der Waals surface area (Å²) in [5.41, 5.74) is 4.14. The third kappa shape index (κ3) is 10.2. The van der Waals surface area contributed by atoms with Crippen molar-refractivity contribution in [1.82, 2.24) is 40.2 Å². The Hall–Kier alpha value is -7.62. The van der Waals surface area contributed by atoms with Crippen molar-refractivity contribution in [2.75, 3.05) is 51.4 Å². The summed E-state index contributed by atoms with van der Waals surface area (Å²) in [7, 11) is 0. The number of rotatable bonds is 16. The topological polar surface area (TPSA) is 231 Å². The number of aromatic nitrogens is 4. The molecule has 3 aliphatic heterocycles. The van der Waals surface area contributed by atoms with E-state index in [1.54, 1.807) is 42.7 Å². The van der Waals surface area contributed by atoms with Crippen molar-refractivity contribution in [2.24, 2.45) is 5.92 Å². The summed E-state index contributed by atoms with van der Waals surface area (Å²) in [6, 6.07) is 23.6. The zero-order valence-corrected chi connectivity index (χ0v) is 34.7. The number of benzene rings is 3. The Morgan fingerprint density at radius 1 is 0.875 bits per heavy atom. The number of piperidine rings is 2. The molecule has 2 saturated heterocycles. The molecule has 64 heavy (non-hydrogen) atoms. The Bertz CT molecular complexity index is 2690. The average Bonchev–Trinajstić information content (AvgIpc) is 3.55. The maximum absolute atomic E-state index is 13.1. The predicted molar refractivity (Wildman–Crippen MR) is 230 cm³/mol. The molecule has 8 rings (SSSR count). The number of nitriles is 1. The molecule has 18 nitrogen and oxygen atoms in total. The number of fused-ring (bicyclic) bond motifs is 1. The van der Waals surface area contributed by atoms with Crippen molar-refractivity contribution in [3.8, 4) is 34.5 Å². The van der Waals surface area contributed by atoms with E-state index >= 15 is 0 Å². The summed E-state index contributed by atoms with van der Waals surface area (Å²) >= 11 is 0. The quantitative estimate of drug-likeness (QED) is 0.0736. The van der Waals surface area contributed by atoms with Crippen molar-refractivity contribution >= 4 is 35.2 Å². The second-order valence-corrected chi connectivity index (χ2v) is 15.7. The van der Waals surface area contributed by atoms with Gasteiger partial charge in [0.15, 0.2) is 11.6 Å². The number of nitrogens with one attached hydrogen (secondary N) is 3. The molecule has 18 heteroatoms. The van der Waals surface area contributed by atoms with Crippen LogP contribution in [0.25, 0.3) is 22.6 Å². The molecule has 3 aromatic carbocycles. The SMILES string of the molecule is N#Cc1cccc(-c2ccc(=O)n(Cc3cccc(-c4ncc(OCC5CCN(CC(=O)NCCOCNc6ccc7c(c6)C(=O)N(C6CCC(=O)NC6=O)C7=O)CC5)cn4)c3)n2)c1. The fourth-order valence-electron chi connectivity index (χ4n) is 7.82. The molecule has 0 radical (unpaired) electrons. The van der Waals surface area contributed by atoms with Crippen molar-refractivity contribution in [2.45, 2.75) is 38.3 Å². The smallest absolute Gasteiger partial charge is 0.267 e. The lowest BCUT2D eigenvalue weighted by molar-refractivity contribution is -0.136. The minimum absolute atomic E-state index is 0.0485. The molecule has 2 fully saturated rings. The van der Waals surface area contributed by atoms with E-state index < -0.39 is 29.7 Å². The number of anilines is 1. The third-order valence-electron chi connectivity index (χ3n) is 11.2. The predicted octanol–water partition coefficient (Wildman–Crippen LogP) is 2.98. The highest BCUT2D eigenvalue weighted by atomic mass is 16.5. The van der Waals surface area contributed by atoms with Gasteiger partial charge in [0.25, 0.3) is 17.4 Å². The zero-order valence-electron chi connectivity index (χ0n) is 34.7. The minimum Gasteiger partial charge on any atom is -0.490 e. The van der Waals surface area contributed by atoms with Gasteiger partial charge in [0.1, 0.15) is 12.8 Å². The average molecular weight is 865 g/mol. The molecule has 0 spiro atoms. The molecule has 2 aromatic heterocycles. The maximum atomic E-state index is 13.1. The Kier molecular flexibility index (Phi) is 13.2. The number of amides is 5. The number of hydrogen-bond acceptors (Lipinski definition) is 14. The van der Waals surface area contributed by atoms with Gasteiger partial charge in [-0.1, -0.05) is 30.3 Å². The standard InChI is InChI=1S/C46H44N10O8/c47-22-30-3-1-5-32(19-30)38-9-12-42(59)55(53-38)25-31-4-2-6-33(20-31)43-49-23-35(24-50-43)64-27-29-13-16-54(17-14-29)26-41(58)48-15-18-63-28-51-34-7-8-36-37(21-34)46(62)56(45(36)61)39-10-11-40(57)52-44(39)60/h1-9,12,19-21,23-24,29,39,51H,10-11,13-18,25-28H2,(H,48,58)(H,52,57,60). The normalized spacial score (nSPS) is 16.5. The Morgan fingerprint density at radius 3 is 2.45 bits per heavy atom. The van der Waals surface area contributed by atoms with Gasteiger partial charge in [-0.25, -0.2) is 14.6 Å². The molecule has 1 atom stereocenters. The van der Waals surface area contributed by atoms with Crippen LogP contribution in [0.15, 0.2) is 96.1 Å².